The quantitative estimate of drug-likeness (QED) is 0.483. The number of carboxylic acid groups (broad SMARTS) is 2. The van der Waals surface area contributed by atoms with Crippen LogP contribution in [0.1, 0.15) is 13.8 Å². The van der Waals surface area contributed by atoms with Crippen LogP contribution in [0.3, 0.4) is 0 Å². The highest BCUT2D eigenvalue weighted by atomic mass is 32.2. The normalized spacial score (nSPS) is 32.8. The number of sulfone groups is 1. The smallest absolute Gasteiger partial charge is 0.328 e. The number of fused-ring (bicyclic) bond motifs is 1. The van der Waals surface area contributed by atoms with Crippen molar-refractivity contribution in [3.8, 4) is 0 Å². The number of carbonyl (C=O) groups excluding carboxylic acids is 1. The first-order valence-electron chi connectivity index (χ1n) is 5.27. The number of hydrogen-bond donors (Lipinski definition) is 2. The van der Waals surface area contributed by atoms with E-state index in [4.69, 9.17) is 10.2 Å². The third-order valence-electron chi connectivity index (χ3n) is 3.48. The van der Waals surface area contributed by atoms with Gasteiger partial charge in [0.1, 0.15) is 4.75 Å². The molecule has 104 valence electrons. The van der Waals surface area contributed by atoms with Gasteiger partial charge in [-0.15, -0.1) is 0 Å². The second kappa shape index (κ2) is 3.56. The van der Waals surface area contributed by atoms with Gasteiger partial charge in [-0.3, -0.25) is 4.79 Å². The summed E-state index contributed by atoms with van der Waals surface area (Å²) in [6, 6.07) is -1.51. The minimum Gasteiger partial charge on any atom is -0.480 e. The first kappa shape index (κ1) is 13.5. The van der Waals surface area contributed by atoms with Crippen molar-refractivity contribution in [1.29, 1.82) is 0 Å². The molecule has 2 saturated heterocycles. The maximum Gasteiger partial charge on any atom is 0.328 e. The Balaban J connectivity index is 2.61. The molecule has 0 bridgehead atoms. The first-order valence-corrected chi connectivity index (χ1v) is 6.81. The van der Waals surface area contributed by atoms with E-state index in [2.05, 4.69) is 0 Å². The van der Waals surface area contributed by atoms with E-state index in [1.54, 1.807) is 0 Å². The van der Waals surface area contributed by atoms with E-state index in [0.29, 0.717) is 11.0 Å². The molecule has 2 N–H and O–H groups in total. The standard InChI is InChI=1S/C10H11NO7S/c1-10(2)6(9(15)16)11-7(14)4(3-5(12)13)8(11)19(10,17)18/h3,6,8H,1-2H3,(H,12,13)(H,15,16)/b4-3-/t6-,8?/m0/s1. The number of aliphatic carboxylic acids is 2. The molecule has 2 heterocycles. The molecule has 2 fully saturated rings. The van der Waals surface area contributed by atoms with Crippen LogP contribution in [0.2, 0.25) is 0 Å². The van der Waals surface area contributed by atoms with E-state index >= 15 is 0 Å². The molecule has 2 rings (SSSR count). The number of hydrogen-bond acceptors (Lipinski definition) is 5. The predicted octanol–water partition coefficient (Wildman–Crippen LogP) is -1.17. The molecule has 0 spiro atoms. The Morgan fingerprint density at radius 3 is 2.26 bits per heavy atom. The van der Waals surface area contributed by atoms with Gasteiger partial charge in [0.25, 0.3) is 5.91 Å². The summed E-state index contributed by atoms with van der Waals surface area (Å²) in [7, 11) is -3.99. The highest BCUT2D eigenvalue weighted by Gasteiger charge is 2.70. The van der Waals surface area contributed by atoms with Crippen LogP contribution in [0, 0.1) is 0 Å². The zero-order valence-electron chi connectivity index (χ0n) is 10.0. The zero-order valence-corrected chi connectivity index (χ0v) is 10.8. The molecule has 0 aromatic rings. The third-order valence-corrected chi connectivity index (χ3v) is 6.24. The summed E-state index contributed by atoms with van der Waals surface area (Å²) >= 11 is 0. The maximum atomic E-state index is 12.2. The average molecular weight is 289 g/mol. The van der Waals surface area contributed by atoms with Crippen molar-refractivity contribution < 1.29 is 33.0 Å². The SMILES string of the molecule is CC1(C)[C@H](C(=O)O)N2C(=O)/C(=C/C(=O)O)C2S1(=O)=O. The Morgan fingerprint density at radius 1 is 1.32 bits per heavy atom. The summed E-state index contributed by atoms with van der Waals surface area (Å²) in [5, 5.41) is 16.2. The number of carboxylic acids is 2. The Morgan fingerprint density at radius 2 is 1.84 bits per heavy atom. The fraction of sp³-hybridized carbons (Fsp3) is 0.500. The molecule has 8 nitrogen and oxygen atoms in total. The van der Waals surface area contributed by atoms with Crippen LogP contribution in [-0.2, 0) is 24.2 Å². The van der Waals surface area contributed by atoms with Gasteiger partial charge in [0.05, 0.1) is 5.57 Å². The zero-order chi connectivity index (χ0) is 14.7. The Labute approximate surface area is 108 Å². The molecule has 0 saturated carbocycles. The monoisotopic (exact) mass is 289 g/mol. The topological polar surface area (TPSA) is 129 Å². The minimum atomic E-state index is -3.99. The van der Waals surface area contributed by atoms with Gasteiger partial charge in [0.2, 0.25) is 0 Å². The molecule has 2 aliphatic rings. The largest absolute Gasteiger partial charge is 0.480 e. The summed E-state index contributed by atoms with van der Waals surface area (Å²) < 4.78 is 22.8. The number of carbonyl (C=O) groups is 3. The van der Waals surface area contributed by atoms with Crippen LogP contribution >= 0.6 is 0 Å². The molecular formula is C10H11NO7S. The van der Waals surface area contributed by atoms with Crippen LogP contribution < -0.4 is 0 Å². The van der Waals surface area contributed by atoms with E-state index in [9.17, 15) is 22.8 Å². The molecule has 1 unspecified atom stereocenters. The lowest BCUT2D eigenvalue weighted by atomic mass is 9.95. The highest BCUT2D eigenvalue weighted by molar-refractivity contribution is 7.94. The van der Waals surface area contributed by atoms with Crippen LogP contribution in [0.15, 0.2) is 11.6 Å². The second-order valence-electron chi connectivity index (χ2n) is 4.89. The van der Waals surface area contributed by atoms with Gasteiger partial charge in [-0.1, -0.05) is 0 Å². The van der Waals surface area contributed by atoms with Gasteiger partial charge < -0.3 is 15.1 Å². The van der Waals surface area contributed by atoms with E-state index in [-0.39, 0.29) is 0 Å². The molecule has 0 aromatic carbocycles. The van der Waals surface area contributed by atoms with Crippen LogP contribution in [-0.4, -0.2) is 57.5 Å². The van der Waals surface area contributed by atoms with Crippen molar-refractivity contribution in [3.63, 3.8) is 0 Å². The summed E-state index contributed by atoms with van der Waals surface area (Å²) in [5.41, 5.74) is -0.399. The van der Waals surface area contributed by atoms with Gasteiger partial charge in [0, 0.05) is 6.08 Å². The number of rotatable bonds is 2. The van der Waals surface area contributed by atoms with Crippen molar-refractivity contribution in [2.24, 2.45) is 0 Å². The number of amides is 1. The Hall–Kier alpha value is -1.90. The Bertz CT molecular complexity index is 630. The molecular weight excluding hydrogens is 278 g/mol. The predicted molar refractivity (Wildman–Crippen MR) is 60.8 cm³/mol. The fourth-order valence-corrected chi connectivity index (χ4v) is 4.60. The summed E-state index contributed by atoms with van der Waals surface area (Å²) in [4.78, 5) is 34.2. The third kappa shape index (κ3) is 1.44. The van der Waals surface area contributed by atoms with Crippen LogP contribution in [0.25, 0.3) is 0 Å². The first-order chi connectivity index (χ1) is 8.53. The highest BCUT2D eigenvalue weighted by Crippen LogP contribution is 2.48. The van der Waals surface area contributed by atoms with Crippen molar-refractivity contribution in [2.45, 2.75) is 30.0 Å². The molecule has 0 aromatic heterocycles. The van der Waals surface area contributed by atoms with Gasteiger partial charge in [0.15, 0.2) is 21.3 Å². The fourth-order valence-electron chi connectivity index (χ4n) is 2.47. The lowest BCUT2D eigenvalue weighted by Crippen LogP contribution is -2.59. The summed E-state index contributed by atoms with van der Waals surface area (Å²) in [6.45, 7) is 2.43. The molecule has 1 amide bonds. The average Bonchev–Trinajstić information content (AvgIpc) is 2.38. The second-order valence-corrected chi connectivity index (χ2v) is 7.48. The van der Waals surface area contributed by atoms with Crippen molar-refractivity contribution >= 4 is 27.7 Å². The van der Waals surface area contributed by atoms with Crippen molar-refractivity contribution in [1.82, 2.24) is 4.90 Å². The summed E-state index contributed by atoms with van der Waals surface area (Å²) in [5.74, 6) is -3.75. The van der Waals surface area contributed by atoms with E-state index in [1.165, 1.54) is 13.8 Å². The van der Waals surface area contributed by atoms with Crippen LogP contribution in [0.4, 0.5) is 0 Å². The molecule has 2 atom stereocenters. The molecule has 19 heavy (non-hydrogen) atoms. The molecule has 0 aliphatic carbocycles. The molecule has 9 heteroatoms. The van der Waals surface area contributed by atoms with Crippen molar-refractivity contribution in [3.05, 3.63) is 11.6 Å². The lowest BCUT2D eigenvalue weighted by molar-refractivity contribution is -0.152. The van der Waals surface area contributed by atoms with Crippen molar-refractivity contribution in [2.75, 3.05) is 0 Å². The summed E-state index contributed by atoms with van der Waals surface area (Å²) in [6.07, 6.45) is 0.515. The van der Waals surface area contributed by atoms with Gasteiger partial charge in [-0.25, -0.2) is 18.0 Å². The number of nitrogens with zero attached hydrogens (tertiary/aromatic N) is 1. The molecule has 2 aliphatic heterocycles. The lowest BCUT2D eigenvalue weighted by Gasteiger charge is -2.37. The molecule has 0 radical (unpaired) electrons. The van der Waals surface area contributed by atoms with Crippen LogP contribution in [0.5, 0.6) is 0 Å². The van der Waals surface area contributed by atoms with Gasteiger partial charge in [-0.05, 0) is 13.8 Å². The minimum absolute atomic E-state index is 0.399. The number of β-lactam (4-membered cyclic amide) rings is 1. The van der Waals surface area contributed by atoms with Gasteiger partial charge >= 0.3 is 11.9 Å². The Kier molecular flexibility index (Phi) is 2.54. The van der Waals surface area contributed by atoms with E-state index in [0.717, 1.165) is 0 Å². The van der Waals surface area contributed by atoms with E-state index < -0.39 is 49.4 Å². The van der Waals surface area contributed by atoms with Gasteiger partial charge in [-0.2, -0.15) is 0 Å². The maximum absolute atomic E-state index is 12.2. The van der Waals surface area contributed by atoms with E-state index in [1.807, 2.05) is 0 Å².